The molecule has 0 spiro atoms. The Balaban J connectivity index is 3.95. The highest BCUT2D eigenvalue weighted by atomic mass is 31.2. The quantitative estimate of drug-likeness (QED) is 0.0272. The summed E-state index contributed by atoms with van der Waals surface area (Å²) in [5, 5.41) is 13.8. The average molecular weight is 1040 g/mol. The van der Waals surface area contributed by atoms with Crippen LogP contribution < -0.4 is 10.2 Å². The molecule has 9 heteroatoms. The Bertz CT molecular complexity index is 1600. The number of aliphatic hydroxyl groups is 1. The minimum Gasteiger partial charge on any atom is -0.756 e. The first kappa shape index (κ1) is 69.9. The highest BCUT2D eigenvalue weighted by molar-refractivity contribution is 7.45. The van der Waals surface area contributed by atoms with Crippen LogP contribution in [-0.4, -0.2) is 68.5 Å². The molecule has 0 aromatic carbocycles. The van der Waals surface area contributed by atoms with Gasteiger partial charge in [-0.15, -0.1) is 0 Å². The zero-order valence-corrected chi connectivity index (χ0v) is 48.4. The van der Waals surface area contributed by atoms with E-state index < -0.39 is 26.6 Å². The molecule has 418 valence electrons. The van der Waals surface area contributed by atoms with Gasteiger partial charge in [-0.2, -0.15) is 0 Å². The highest BCUT2D eigenvalue weighted by Crippen LogP contribution is 2.38. The van der Waals surface area contributed by atoms with E-state index in [1.165, 1.54) is 116 Å². The minimum atomic E-state index is -4.60. The van der Waals surface area contributed by atoms with Crippen LogP contribution in [0.15, 0.2) is 122 Å². The topological polar surface area (TPSA) is 108 Å². The standard InChI is InChI=1S/C64H111N2O6P/c1-6-8-10-12-14-16-18-19-20-21-22-23-24-25-26-27-28-29-30-31-32-33-34-35-36-37-38-39-40-41-42-43-44-45-46-47-48-50-52-54-56-58-64(68)65-62(61-72-73(69,70)71-60-59-66(3,4)5)63(67)57-55-53-51-49-17-15-13-11-9-7-2/h8,10,14,16-17,19-20,22-23,25-26,28-29,31-32,34-35,49,55,57,62-63,67H,6-7,9,11-13,15,18,21,24,27,30,33,36-48,50-54,56,58-61H2,1-5H3,(H-,65,68,69,70)/b10-8-,16-14-,20-19-,23-22-,26-25-,29-28-,32-31-,35-34-,49-17+,57-55+. The zero-order valence-electron chi connectivity index (χ0n) is 47.5. The van der Waals surface area contributed by atoms with Crippen molar-refractivity contribution in [3.63, 3.8) is 0 Å². The van der Waals surface area contributed by atoms with Crippen molar-refractivity contribution >= 4 is 13.7 Å². The molecular weight excluding hydrogens is 924 g/mol. The number of phosphoric ester groups is 1. The van der Waals surface area contributed by atoms with E-state index in [4.69, 9.17) is 9.05 Å². The van der Waals surface area contributed by atoms with Gasteiger partial charge in [0.1, 0.15) is 13.2 Å². The van der Waals surface area contributed by atoms with Crippen molar-refractivity contribution in [2.24, 2.45) is 0 Å². The summed E-state index contributed by atoms with van der Waals surface area (Å²) < 4.78 is 23.2. The summed E-state index contributed by atoms with van der Waals surface area (Å²) in [6.45, 7) is 4.46. The van der Waals surface area contributed by atoms with Gasteiger partial charge in [-0.1, -0.05) is 245 Å². The van der Waals surface area contributed by atoms with Gasteiger partial charge in [0, 0.05) is 6.42 Å². The van der Waals surface area contributed by atoms with Gasteiger partial charge in [0.25, 0.3) is 7.82 Å². The molecule has 73 heavy (non-hydrogen) atoms. The van der Waals surface area contributed by atoms with Crippen LogP contribution in [-0.2, 0) is 18.4 Å². The first-order chi connectivity index (χ1) is 35.5. The third-order valence-corrected chi connectivity index (χ3v) is 13.4. The molecule has 0 aliphatic carbocycles. The summed E-state index contributed by atoms with van der Waals surface area (Å²) in [5.74, 6) is -0.213. The van der Waals surface area contributed by atoms with E-state index in [0.29, 0.717) is 17.4 Å². The molecule has 0 rings (SSSR count). The SMILES string of the molecule is CC/C=C\C/C=C\C/C=C\C/C=C\C/C=C\C/C=C\C/C=C\C/C=C\CCCCCCCCCCCCCCCCCCC(=O)NC(COP(=O)([O-])OCC[N+](C)(C)C)C(O)/C=C/CC/C=C/CCCCCC. The van der Waals surface area contributed by atoms with Crippen molar-refractivity contribution in [2.45, 2.75) is 238 Å². The monoisotopic (exact) mass is 1030 g/mol. The summed E-state index contributed by atoms with van der Waals surface area (Å²) in [6, 6.07) is -0.907. The molecule has 0 aliphatic heterocycles. The van der Waals surface area contributed by atoms with E-state index in [-0.39, 0.29) is 12.5 Å². The van der Waals surface area contributed by atoms with Gasteiger partial charge >= 0.3 is 0 Å². The summed E-state index contributed by atoms with van der Waals surface area (Å²) in [5.41, 5.74) is 0. The number of carbonyl (C=O) groups excluding carboxylic acids is 1. The Morgan fingerprint density at radius 1 is 0.493 bits per heavy atom. The summed E-state index contributed by atoms with van der Waals surface area (Å²) in [7, 11) is 1.23. The van der Waals surface area contributed by atoms with Crippen molar-refractivity contribution in [2.75, 3.05) is 40.9 Å². The van der Waals surface area contributed by atoms with Crippen molar-refractivity contribution in [3.05, 3.63) is 122 Å². The number of nitrogens with one attached hydrogen (secondary N) is 1. The molecule has 0 heterocycles. The third-order valence-electron chi connectivity index (χ3n) is 12.4. The molecule has 0 saturated heterocycles. The summed E-state index contributed by atoms with van der Waals surface area (Å²) in [6.07, 6.45) is 80.2. The lowest BCUT2D eigenvalue weighted by Gasteiger charge is -2.29. The van der Waals surface area contributed by atoms with Crippen LogP contribution in [0.5, 0.6) is 0 Å². The van der Waals surface area contributed by atoms with Gasteiger partial charge in [0.15, 0.2) is 0 Å². The normalized spacial score (nSPS) is 14.8. The van der Waals surface area contributed by atoms with Crippen molar-refractivity contribution in [1.82, 2.24) is 5.32 Å². The van der Waals surface area contributed by atoms with Crippen molar-refractivity contribution in [3.8, 4) is 0 Å². The van der Waals surface area contributed by atoms with E-state index in [1.807, 2.05) is 27.2 Å². The second-order valence-electron chi connectivity index (χ2n) is 20.6. The highest BCUT2D eigenvalue weighted by Gasteiger charge is 2.23. The second kappa shape index (κ2) is 53.7. The first-order valence-electron chi connectivity index (χ1n) is 29.4. The molecule has 0 radical (unpaired) electrons. The lowest BCUT2D eigenvalue weighted by atomic mass is 10.0. The minimum absolute atomic E-state index is 0.0104. The first-order valence-corrected chi connectivity index (χ1v) is 30.9. The number of likely N-dealkylation sites (N-methyl/N-ethyl adjacent to an activating group) is 1. The molecule has 0 aromatic rings. The Morgan fingerprint density at radius 2 is 0.849 bits per heavy atom. The van der Waals surface area contributed by atoms with E-state index in [0.717, 1.165) is 89.9 Å². The molecular formula is C64H111N2O6P. The Labute approximate surface area is 450 Å². The molecule has 0 aliphatic rings. The zero-order chi connectivity index (χ0) is 53.5. The molecule has 1 amide bonds. The van der Waals surface area contributed by atoms with E-state index in [9.17, 15) is 19.4 Å². The fourth-order valence-corrected chi connectivity index (χ4v) is 8.55. The smallest absolute Gasteiger partial charge is 0.268 e. The van der Waals surface area contributed by atoms with Gasteiger partial charge < -0.3 is 28.8 Å². The maximum Gasteiger partial charge on any atom is 0.268 e. The Morgan fingerprint density at radius 3 is 1.27 bits per heavy atom. The fraction of sp³-hybridized carbons (Fsp3) is 0.672. The largest absolute Gasteiger partial charge is 0.756 e. The number of hydrogen-bond acceptors (Lipinski definition) is 6. The molecule has 0 saturated carbocycles. The van der Waals surface area contributed by atoms with Gasteiger partial charge in [-0.3, -0.25) is 9.36 Å². The number of amides is 1. The third kappa shape index (κ3) is 56.5. The number of unbranched alkanes of at least 4 members (excludes halogenated alkanes) is 21. The van der Waals surface area contributed by atoms with Gasteiger partial charge in [-0.05, 0) is 96.3 Å². The van der Waals surface area contributed by atoms with Crippen LogP contribution in [0, 0.1) is 0 Å². The maximum absolute atomic E-state index is 12.9. The van der Waals surface area contributed by atoms with E-state index >= 15 is 0 Å². The second-order valence-corrected chi connectivity index (χ2v) is 22.0. The van der Waals surface area contributed by atoms with Crippen molar-refractivity contribution in [1.29, 1.82) is 0 Å². The van der Waals surface area contributed by atoms with Crippen LogP contribution in [0.25, 0.3) is 0 Å². The van der Waals surface area contributed by atoms with E-state index in [2.05, 4.69) is 129 Å². The van der Waals surface area contributed by atoms with Crippen LogP contribution in [0.3, 0.4) is 0 Å². The summed E-state index contributed by atoms with van der Waals surface area (Å²) in [4.78, 5) is 25.4. The molecule has 3 unspecified atom stereocenters. The van der Waals surface area contributed by atoms with Gasteiger partial charge in [0.05, 0.1) is 39.9 Å². The number of nitrogens with zero attached hydrogens (tertiary/aromatic N) is 1. The molecule has 2 N–H and O–H groups in total. The molecule has 0 bridgehead atoms. The number of aliphatic hydroxyl groups excluding tert-OH is 1. The van der Waals surface area contributed by atoms with Gasteiger partial charge in [-0.25, -0.2) is 0 Å². The Kier molecular flexibility index (Phi) is 51.4. The number of carbonyl (C=O) groups is 1. The molecule has 3 atom stereocenters. The lowest BCUT2D eigenvalue weighted by Crippen LogP contribution is -2.45. The van der Waals surface area contributed by atoms with Crippen LogP contribution in [0.2, 0.25) is 0 Å². The molecule has 0 fully saturated rings. The fourth-order valence-electron chi connectivity index (χ4n) is 7.83. The number of rotatable bonds is 52. The number of hydrogen-bond donors (Lipinski definition) is 2. The lowest BCUT2D eigenvalue weighted by molar-refractivity contribution is -0.870. The maximum atomic E-state index is 12.9. The van der Waals surface area contributed by atoms with Crippen LogP contribution >= 0.6 is 7.82 Å². The Hall–Kier alpha value is -3.10. The van der Waals surface area contributed by atoms with Crippen LogP contribution in [0.4, 0.5) is 0 Å². The summed E-state index contributed by atoms with van der Waals surface area (Å²) >= 11 is 0. The van der Waals surface area contributed by atoms with Gasteiger partial charge in [0.2, 0.25) is 5.91 Å². The number of quaternary nitrogens is 1. The predicted molar refractivity (Wildman–Crippen MR) is 315 cm³/mol. The predicted octanol–water partition coefficient (Wildman–Crippen LogP) is 17.5. The molecule has 8 nitrogen and oxygen atoms in total. The van der Waals surface area contributed by atoms with Crippen LogP contribution in [0.1, 0.15) is 226 Å². The van der Waals surface area contributed by atoms with E-state index in [1.54, 1.807) is 6.08 Å². The molecule has 0 aromatic heterocycles. The average Bonchev–Trinajstić information content (AvgIpc) is 3.35. The van der Waals surface area contributed by atoms with Crippen molar-refractivity contribution < 1.29 is 32.9 Å². The number of allylic oxidation sites excluding steroid dienone is 19. The number of phosphoric acid groups is 1.